The molecule has 1 fully saturated rings. The van der Waals surface area contributed by atoms with E-state index in [1.807, 2.05) is 0 Å². The van der Waals surface area contributed by atoms with E-state index in [1.54, 1.807) is 47.1 Å². The van der Waals surface area contributed by atoms with E-state index in [4.69, 9.17) is 0 Å². The van der Waals surface area contributed by atoms with Crippen LogP contribution in [0, 0.1) is 0 Å². The topological polar surface area (TPSA) is 75.5 Å². The first-order valence-corrected chi connectivity index (χ1v) is 9.65. The van der Waals surface area contributed by atoms with Crippen molar-refractivity contribution in [3.05, 3.63) is 46.7 Å². The van der Waals surface area contributed by atoms with Crippen LogP contribution in [0.2, 0.25) is 0 Å². The van der Waals surface area contributed by atoms with E-state index in [0.29, 0.717) is 23.1 Å². The lowest BCUT2D eigenvalue weighted by Crippen LogP contribution is -2.50. The van der Waals surface area contributed by atoms with Gasteiger partial charge in [0.05, 0.1) is 16.7 Å². The van der Waals surface area contributed by atoms with Crippen molar-refractivity contribution in [2.24, 2.45) is 7.05 Å². The van der Waals surface area contributed by atoms with Crippen LogP contribution in [0.4, 0.5) is 0 Å². The van der Waals surface area contributed by atoms with Gasteiger partial charge < -0.3 is 4.90 Å². The van der Waals surface area contributed by atoms with E-state index >= 15 is 0 Å². The average molecular weight is 413 g/mol. The Labute approximate surface area is 149 Å². The third kappa shape index (κ3) is 3.24. The number of hydrogen-bond donors (Lipinski definition) is 0. The lowest BCUT2D eigenvalue weighted by atomic mass is 10.2. The summed E-state index contributed by atoms with van der Waals surface area (Å²) in [6, 6.07) is 6.75. The van der Waals surface area contributed by atoms with E-state index in [0.717, 1.165) is 0 Å². The predicted octanol–water partition coefficient (Wildman–Crippen LogP) is 1.33. The number of aromatic nitrogens is 2. The van der Waals surface area contributed by atoms with Crippen molar-refractivity contribution in [2.75, 3.05) is 26.2 Å². The first-order chi connectivity index (χ1) is 11.4. The molecule has 3 rings (SSSR count). The fourth-order valence-electron chi connectivity index (χ4n) is 2.64. The fraction of sp³-hybridized carbons (Fsp3) is 0.333. The quantitative estimate of drug-likeness (QED) is 0.761. The number of carbonyl (C=O) groups is 1. The first-order valence-electron chi connectivity index (χ1n) is 7.42. The minimum atomic E-state index is -3.57. The summed E-state index contributed by atoms with van der Waals surface area (Å²) in [6.45, 7) is 1.26. The van der Waals surface area contributed by atoms with Crippen LogP contribution in [0.15, 0.2) is 46.0 Å². The molecule has 0 spiro atoms. The van der Waals surface area contributed by atoms with Crippen molar-refractivity contribution >= 4 is 31.9 Å². The third-order valence-electron chi connectivity index (χ3n) is 3.93. The second-order valence-electron chi connectivity index (χ2n) is 5.53. The van der Waals surface area contributed by atoms with E-state index in [-0.39, 0.29) is 23.9 Å². The molecule has 1 aromatic heterocycles. The number of benzene rings is 1. The molecule has 1 saturated heterocycles. The molecule has 1 aliphatic heterocycles. The summed E-state index contributed by atoms with van der Waals surface area (Å²) in [5.41, 5.74) is 0.514. The second kappa shape index (κ2) is 6.66. The smallest absolute Gasteiger partial charge is 0.257 e. The van der Waals surface area contributed by atoms with Crippen LogP contribution in [-0.4, -0.2) is 59.5 Å². The number of aryl methyl sites for hydroxylation is 1. The van der Waals surface area contributed by atoms with Crippen LogP contribution in [0.3, 0.4) is 0 Å². The van der Waals surface area contributed by atoms with Crippen LogP contribution >= 0.6 is 15.9 Å². The molecule has 0 aliphatic carbocycles. The van der Waals surface area contributed by atoms with Gasteiger partial charge in [-0.3, -0.25) is 9.48 Å². The summed E-state index contributed by atoms with van der Waals surface area (Å²) >= 11 is 3.29. The standard InChI is InChI=1S/C15H17BrN4O3S/c1-18-11-12(10-17-18)15(21)19-6-8-20(9-7-19)24(22,23)14-5-3-2-4-13(14)16/h2-5,10-11H,6-9H2,1H3. The maximum absolute atomic E-state index is 12.7. The van der Waals surface area contributed by atoms with Gasteiger partial charge in [0.15, 0.2) is 0 Å². The number of sulfonamides is 1. The molecule has 24 heavy (non-hydrogen) atoms. The Morgan fingerprint density at radius 1 is 1.17 bits per heavy atom. The van der Waals surface area contributed by atoms with Crippen molar-refractivity contribution in [1.82, 2.24) is 19.0 Å². The zero-order valence-corrected chi connectivity index (χ0v) is 15.5. The molecule has 2 aromatic rings. The van der Waals surface area contributed by atoms with Gasteiger partial charge in [-0.15, -0.1) is 0 Å². The van der Waals surface area contributed by atoms with E-state index < -0.39 is 10.0 Å². The minimum absolute atomic E-state index is 0.124. The summed E-state index contributed by atoms with van der Waals surface area (Å²) in [5, 5.41) is 3.99. The molecule has 0 atom stereocenters. The molecule has 7 nitrogen and oxygen atoms in total. The van der Waals surface area contributed by atoms with Gasteiger partial charge in [-0.05, 0) is 28.1 Å². The molecule has 0 N–H and O–H groups in total. The number of rotatable bonds is 3. The number of hydrogen-bond acceptors (Lipinski definition) is 4. The molecule has 0 saturated carbocycles. The number of piperazine rings is 1. The molecule has 0 unspecified atom stereocenters. The molecule has 128 valence electrons. The molecule has 9 heteroatoms. The molecule has 1 aromatic carbocycles. The van der Waals surface area contributed by atoms with Gasteiger partial charge in [0.1, 0.15) is 0 Å². The van der Waals surface area contributed by atoms with Gasteiger partial charge in [0.25, 0.3) is 5.91 Å². The van der Waals surface area contributed by atoms with Gasteiger partial charge in [0.2, 0.25) is 10.0 Å². The summed E-state index contributed by atoms with van der Waals surface area (Å²) < 4.78 is 29.0. The van der Waals surface area contributed by atoms with Gasteiger partial charge >= 0.3 is 0 Å². The van der Waals surface area contributed by atoms with Crippen molar-refractivity contribution < 1.29 is 13.2 Å². The van der Waals surface area contributed by atoms with Crippen LogP contribution < -0.4 is 0 Å². The third-order valence-corrected chi connectivity index (χ3v) is 6.84. The SMILES string of the molecule is Cn1cc(C(=O)N2CCN(S(=O)(=O)c3ccccc3Br)CC2)cn1. The van der Waals surface area contributed by atoms with Gasteiger partial charge in [0, 0.05) is 43.9 Å². The number of carbonyl (C=O) groups excluding carboxylic acids is 1. The normalized spacial score (nSPS) is 16.3. The highest BCUT2D eigenvalue weighted by molar-refractivity contribution is 9.10. The Bertz CT molecular complexity index is 857. The first kappa shape index (κ1) is 17.1. The number of halogens is 1. The molecule has 0 radical (unpaired) electrons. The Hall–Kier alpha value is -1.71. The monoisotopic (exact) mass is 412 g/mol. The minimum Gasteiger partial charge on any atom is -0.336 e. The van der Waals surface area contributed by atoms with Crippen molar-refractivity contribution in [2.45, 2.75) is 4.90 Å². The molecule has 1 aliphatic rings. The van der Waals surface area contributed by atoms with E-state index in [1.165, 1.54) is 10.5 Å². The lowest BCUT2D eigenvalue weighted by Gasteiger charge is -2.34. The fourth-order valence-corrected chi connectivity index (χ4v) is 5.02. The Kier molecular flexibility index (Phi) is 4.75. The molecule has 2 heterocycles. The molecular weight excluding hydrogens is 396 g/mol. The second-order valence-corrected chi connectivity index (χ2v) is 8.29. The summed E-state index contributed by atoms with van der Waals surface area (Å²) in [4.78, 5) is 14.3. The predicted molar refractivity (Wildman–Crippen MR) is 92.0 cm³/mol. The van der Waals surface area contributed by atoms with Crippen LogP contribution in [0.25, 0.3) is 0 Å². The molecular formula is C15H17BrN4O3S. The van der Waals surface area contributed by atoms with E-state index in [9.17, 15) is 13.2 Å². The highest BCUT2D eigenvalue weighted by Gasteiger charge is 2.31. The van der Waals surface area contributed by atoms with Crippen molar-refractivity contribution in [3.8, 4) is 0 Å². The lowest BCUT2D eigenvalue weighted by molar-refractivity contribution is 0.0698. The maximum Gasteiger partial charge on any atom is 0.257 e. The number of amides is 1. The summed E-state index contributed by atoms with van der Waals surface area (Å²) in [5.74, 6) is -0.124. The maximum atomic E-state index is 12.7. The van der Waals surface area contributed by atoms with Crippen molar-refractivity contribution in [1.29, 1.82) is 0 Å². The van der Waals surface area contributed by atoms with Gasteiger partial charge in [-0.1, -0.05) is 12.1 Å². The van der Waals surface area contributed by atoms with Crippen LogP contribution in [-0.2, 0) is 17.1 Å². The largest absolute Gasteiger partial charge is 0.336 e. The number of nitrogens with zero attached hydrogens (tertiary/aromatic N) is 4. The Morgan fingerprint density at radius 3 is 2.42 bits per heavy atom. The zero-order valence-electron chi connectivity index (χ0n) is 13.1. The van der Waals surface area contributed by atoms with Crippen LogP contribution in [0.5, 0.6) is 0 Å². The molecule has 1 amide bonds. The van der Waals surface area contributed by atoms with Crippen molar-refractivity contribution in [3.63, 3.8) is 0 Å². The Morgan fingerprint density at radius 2 is 1.83 bits per heavy atom. The van der Waals surface area contributed by atoms with Crippen LogP contribution in [0.1, 0.15) is 10.4 Å². The highest BCUT2D eigenvalue weighted by atomic mass is 79.9. The van der Waals surface area contributed by atoms with Gasteiger partial charge in [-0.2, -0.15) is 9.40 Å². The zero-order chi connectivity index (χ0) is 17.3. The Balaban J connectivity index is 1.71. The van der Waals surface area contributed by atoms with Gasteiger partial charge in [-0.25, -0.2) is 8.42 Å². The molecule has 0 bridgehead atoms. The highest BCUT2D eigenvalue weighted by Crippen LogP contribution is 2.25. The summed E-state index contributed by atoms with van der Waals surface area (Å²) in [7, 11) is -1.82. The average Bonchev–Trinajstić information content (AvgIpc) is 3.01. The van der Waals surface area contributed by atoms with E-state index in [2.05, 4.69) is 21.0 Å². The summed E-state index contributed by atoms with van der Waals surface area (Å²) in [6.07, 6.45) is 3.18.